The second kappa shape index (κ2) is 9.76. The lowest BCUT2D eigenvalue weighted by molar-refractivity contribution is -0.384. The summed E-state index contributed by atoms with van der Waals surface area (Å²) in [5.74, 6) is -2.04. The molecule has 0 aromatic heterocycles. The number of non-ortho nitro benzene ring substituents is 1. The summed E-state index contributed by atoms with van der Waals surface area (Å²) in [5, 5.41) is 21.6. The molecule has 3 aromatic rings. The topological polar surface area (TPSA) is 113 Å². The van der Waals surface area contributed by atoms with Crippen LogP contribution in [-0.4, -0.2) is 10.7 Å². The van der Waals surface area contributed by atoms with Gasteiger partial charge in [0.25, 0.3) is 5.69 Å². The standard InChI is InChI=1S/C29H21F3N4O3/c30-29(31,32)22-11-4-5-12-23(22)35-24-14-19(17-7-2-1-3-8-17)15-25(37)27(24)26(21(16-33)28(35)34)18-9-6-10-20(13-18)36(38)39/h1-13,19,26H,14-15,34H2. The van der Waals surface area contributed by atoms with Crippen LogP contribution in [0.15, 0.2) is 102 Å². The minimum Gasteiger partial charge on any atom is -0.384 e. The summed E-state index contributed by atoms with van der Waals surface area (Å²) < 4.78 is 42.4. The number of anilines is 1. The van der Waals surface area contributed by atoms with Crippen LogP contribution in [-0.2, 0) is 11.0 Å². The van der Waals surface area contributed by atoms with Gasteiger partial charge in [-0.25, -0.2) is 0 Å². The van der Waals surface area contributed by atoms with Crippen molar-refractivity contribution in [1.82, 2.24) is 0 Å². The molecule has 0 saturated carbocycles. The third-order valence-corrected chi connectivity index (χ3v) is 7.10. The molecule has 39 heavy (non-hydrogen) atoms. The SMILES string of the molecule is N#CC1=C(N)N(c2ccccc2C(F)(F)F)C2=C(C(=O)CC(c3ccccc3)C2)C1c1cccc([N+](=O)[O-])c1. The lowest BCUT2D eigenvalue weighted by Gasteiger charge is -2.42. The fourth-order valence-corrected chi connectivity index (χ4v) is 5.43. The second-order valence-corrected chi connectivity index (χ2v) is 9.35. The number of allylic oxidation sites excluding steroid dienone is 3. The van der Waals surface area contributed by atoms with Crippen LogP contribution in [0.4, 0.5) is 24.5 Å². The Hall–Kier alpha value is -4.91. The van der Waals surface area contributed by atoms with E-state index in [1.165, 1.54) is 36.4 Å². The molecule has 0 amide bonds. The summed E-state index contributed by atoms with van der Waals surface area (Å²) in [6, 6.07) is 21.5. The summed E-state index contributed by atoms with van der Waals surface area (Å²) in [6.07, 6.45) is -4.51. The van der Waals surface area contributed by atoms with E-state index < -0.39 is 22.6 Å². The van der Waals surface area contributed by atoms with Crippen molar-refractivity contribution in [2.45, 2.75) is 30.9 Å². The van der Waals surface area contributed by atoms with E-state index in [2.05, 4.69) is 0 Å². The number of halogens is 3. The average Bonchev–Trinajstić information content (AvgIpc) is 2.92. The largest absolute Gasteiger partial charge is 0.418 e. The van der Waals surface area contributed by atoms with E-state index in [1.54, 1.807) is 6.07 Å². The maximum Gasteiger partial charge on any atom is 0.418 e. The lowest BCUT2D eigenvalue weighted by Crippen LogP contribution is -2.40. The van der Waals surface area contributed by atoms with Crippen LogP contribution >= 0.6 is 0 Å². The summed E-state index contributed by atoms with van der Waals surface area (Å²) in [4.78, 5) is 25.9. The van der Waals surface area contributed by atoms with Crippen molar-refractivity contribution in [3.8, 4) is 6.07 Å². The highest BCUT2D eigenvalue weighted by molar-refractivity contribution is 6.02. The number of nitro benzene ring substituents is 1. The quantitative estimate of drug-likeness (QED) is 0.312. The fourth-order valence-electron chi connectivity index (χ4n) is 5.43. The molecule has 7 nitrogen and oxygen atoms in total. The first-order chi connectivity index (χ1) is 18.6. The number of nitro groups is 1. The molecule has 2 N–H and O–H groups in total. The number of nitrogens with two attached hydrogens (primary N) is 1. The Morgan fingerprint density at radius 3 is 2.31 bits per heavy atom. The third kappa shape index (κ3) is 4.52. The zero-order chi connectivity index (χ0) is 27.9. The maximum atomic E-state index is 14.1. The Labute approximate surface area is 221 Å². The van der Waals surface area contributed by atoms with Gasteiger partial charge < -0.3 is 5.73 Å². The predicted octanol–water partition coefficient (Wildman–Crippen LogP) is 6.31. The number of alkyl halides is 3. The molecular weight excluding hydrogens is 509 g/mol. The van der Waals surface area contributed by atoms with Crippen LogP contribution in [0, 0.1) is 21.4 Å². The van der Waals surface area contributed by atoms with Crippen molar-refractivity contribution in [2.75, 3.05) is 4.90 Å². The van der Waals surface area contributed by atoms with Crippen molar-refractivity contribution in [3.05, 3.63) is 128 Å². The van der Waals surface area contributed by atoms with Crippen LogP contribution in [0.3, 0.4) is 0 Å². The third-order valence-electron chi connectivity index (χ3n) is 7.10. The van der Waals surface area contributed by atoms with Crippen molar-refractivity contribution >= 4 is 17.2 Å². The van der Waals surface area contributed by atoms with E-state index in [0.717, 1.165) is 16.5 Å². The molecular formula is C29H21F3N4O3. The summed E-state index contributed by atoms with van der Waals surface area (Å²) >= 11 is 0. The average molecular weight is 531 g/mol. The lowest BCUT2D eigenvalue weighted by atomic mass is 9.71. The number of Topliss-reactive ketones (excluding diaryl/α,β-unsaturated/α-hetero) is 1. The molecule has 0 radical (unpaired) electrons. The number of nitriles is 1. The van der Waals surface area contributed by atoms with Gasteiger partial charge in [-0.2, -0.15) is 18.4 Å². The van der Waals surface area contributed by atoms with E-state index in [-0.39, 0.29) is 64.1 Å². The first-order valence-electron chi connectivity index (χ1n) is 12.0. The maximum absolute atomic E-state index is 14.1. The smallest absolute Gasteiger partial charge is 0.384 e. The molecule has 1 heterocycles. The molecule has 0 bridgehead atoms. The van der Waals surface area contributed by atoms with E-state index in [4.69, 9.17) is 5.73 Å². The van der Waals surface area contributed by atoms with Crippen molar-refractivity contribution in [3.63, 3.8) is 0 Å². The van der Waals surface area contributed by atoms with Crippen molar-refractivity contribution < 1.29 is 22.9 Å². The Kier molecular flexibility index (Phi) is 6.44. The first-order valence-corrected chi connectivity index (χ1v) is 12.0. The molecule has 2 atom stereocenters. The molecule has 5 rings (SSSR count). The van der Waals surface area contributed by atoms with Gasteiger partial charge in [0.2, 0.25) is 0 Å². The number of para-hydroxylation sites is 1. The van der Waals surface area contributed by atoms with Crippen LogP contribution < -0.4 is 10.6 Å². The van der Waals surface area contributed by atoms with E-state index in [0.29, 0.717) is 0 Å². The fraction of sp³-hybridized carbons (Fsp3) is 0.172. The molecule has 0 spiro atoms. The van der Waals surface area contributed by atoms with E-state index >= 15 is 0 Å². The van der Waals surface area contributed by atoms with Gasteiger partial charge in [-0.3, -0.25) is 19.8 Å². The Bertz CT molecular complexity index is 1590. The first kappa shape index (κ1) is 25.7. The van der Waals surface area contributed by atoms with E-state index in [1.807, 2.05) is 36.4 Å². The molecule has 0 fully saturated rings. The molecule has 3 aromatic carbocycles. The number of benzene rings is 3. The summed E-state index contributed by atoms with van der Waals surface area (Å²) in [7, 11) is 0. The Morgan fingerprint density at radius 2 is 1.64 bits per heavy atom. The van der Waals surface area contributed by atoms with Gasteiger partial charge in [0.15, 0.2) is 5.78 Å². The summed E-state index contributed by atoms with van der Waals surface area (Å²) in [6.45, 7) is 0. The highest BCUT2D eigenvalue weighted by Crippen LogP contribution is 2.51. The monoisotopic (exact) mass is 530 g/mol. The summed E-state index contributed by atoms with van der Waals surface area (Å²) in [5.41, 5.74) is 6.27. The van der Waals surface area contributed by atoms with Gasteiger partial charge in [0, 0.05) is 29.8 Å². The number of carbonyl (C=O) groups excluding carboxylic acids is 1. The molecule has 1 aliphatic carbocycles. The minimum absolute atomic E-state index is 0.0572. The highest BCUT2D eigenvalue weighted by Gasteiger charge is 2.45. The van der Waals surface area contributed by atoms with Crippen molar-refractivity contribution in [2.24, 2.45) is 5.73 Å². The van der Waals surface area contributed by atoms with E-state index in [9.17, 15) is 33.3 Å². The Balaban J connectivity index is 1.78. The van der Waals surface area contributed by atoms with Crippen LogP contribution in [0.1, 0.15) is 41.4 Å². The number of nitrogens with zero attached hydrogens (tertiary/aromatic N) is 3. The van der Waals surface area contributed by atoms with Crippen LogP contribution in [0.25, 0.3) is 0 Å². The van der Waals surface area contributed by atoms with Gasteiger partial charge >= 0.3 is 6.18 Å². The minimum atomic E-state index is -4.74. The van der Waals surface area contributed by atoms with Crippen LogP contribution in [0.2, 0.25) is 0 Å². The molecule has 1 aliphatic heterocycles. The highest BCUT2D eigenvalue weighted by atomic mass is 19.4. The number of carbonyl (C=O) groups is 1. The van der Waals surface area contributed by atoms with Crippen LogP contribution in [0.5, 0.6) is 0 Å². The Morgan fingerprint density at radius 1 is 0.974 bits per heavy atom. The van der Waals surface area contributed by atoms with Crippen molar-refractivity contribution in [1.29, 1.82) is 5.26 Å². The zero-order valence-electron chi connectivity index (χ0n) is 20.4. The number of ketones is 1. The second-order valence-electron chi connectivity index (χ2n) is 9.35. The normalized spacial score (nSPS) is 19.5. The molecule has 0 saturated heterocycles. The van der Waals surface area contributed by atoms with Gasteiger partial charge in [0.1, 0.15) is 5.82 Å². The zero-order valence-corrected chi connectivity index (χ0v) is 20.4. The van der Waals surface area contributed by atoms with Gasteiger partial charge in [-0.05, 0) is 35.6 Å². The molecule has 196 valence electrons. The molecule has 2 unspecified atom stereocenters. The predicted molar refractivity (Wildman–Crippen MR) is 137 cm³/mol. The van der Waals surface area contributed by atoms with Gasteiger partial charge in [0.05, 0.1) is 33.7 Å². The molecule has 2 aliphatic rings. The number of hydrogen-bond donors (Lipinski definition) is 1. The molecule has 10 heteroatoms. The van der Waals surface area contributed by atoms with Gasteiger partial charge in [-0.15, -0.1) is 0 Å². The number of hydrogen-bond acceptors (Lipinski definition) is 6. The number of rotatable bonds is 4. The van der Waals surface area contributed by atoms with Gasteiger partial charge in [-0.1, -0.05) is 54.6 Å².